The Kier molecular flexibility index (Phi) is 6.24. The Balaban J connectivity index is 1.45. The molecular formula is C28H31NO2. The van der Waals surface area contributed by atoms with Gasteiger partial charge < -0.3 is 10.1 Å². The van der Waals surface area contributed by atoms with Gasteiger partial charge in [0.15, 0.2) is 0 Å². The number of benzene rings is 3. The van der Waals surface area contributed by atoms with E-state index in [4.69, 9.17) is 4.74 Å². The molecule has 1 aliphatic heterocycles. The average molecular weight is 414 g/mol. The van der Waals surface area contributed by atoms with Crippen LogP contribution >= 0.6 is 0 Å². The third-order valence-electron chi connectivity index (χ3n) is 6.12. The second-order valence-electron chi connectivity index (χ2n) is 9.36. The van der Waals surface area contributed by atoms with Crippen LogP contribution in [0.1, 0.15) is 54.6 Å². The van der Waals surface area contributed by atoms with Gasteiger partial charge in [0.05, 0.1) is 5.56 Å². The Labute approximate surface area is 185 Å². The number of nitrogens with one attached hydrogen (secondary N) is 1. The summed E-state index contributed by atoms with van der Waals surface area (Å²) in [6.07, 6.45) is 0.805. The van der Waals surface area contributed by atoms with Crippen LogP contribution < -0.4 is 5.32 Å². The second-order valence-corrected chi connectivity index (χ2v) is 9.36. The molecule has 0 bridgehead atoms. The molecule has 0 spiro atoms. The maximum Gasteiger partial charge on any atom is 0.338 e. The Morgan fingerprint density at radius 3 is 2.10 bits per heavy atom. The Hall–Kier alpha value is -2.91. The second kappa shape index (κ2) is 9.07. The monoisotopic (exact) mass is 413 g/mol. The summed E-state index contributed by atoms with van der Waals surface area (Å²) in [5.41, 5.74) is 5.51. The van der Waals surface area contributed by atoms with E-state index in [1.165, 1.54) is 11.1 Å². The van der Waals surface area contributed by atoms with Crippen molar-refractivity contribution in [2.75, 3.05) is 13.1 Å². The SMILES string of the molecule is CC(C)(C)c1ccc(-c2ccc(C(=O)O[C@@H]3CNCC[C@H]3c3ccccc3)cc2)cc1. The van der Waals surface area contributed by atoms with E-state index < -0.39 is 0 Å². The van der Waals surface area contributed by atoms with Crippen LogP contribution in [-0.2, 0) is 10.2 Å². The molecule has 1 saturated heterocycles. The summed E-state index contributed by atoms with van der Waals surface area (Å²) < 4.78 is 5.94. The van der Waals surface area contributed by atoms with Gasteiger partial charge in [0.2, 0.25) is 0 Å². The fraction of sp³-hybridized carbons (Fsp3) is 0.321. The third-order valence-corrected chi connectivity index (χ3v) is 6.12. The highest BCUT2D eigenvalue weighted by molar-refractivity contribution is 5.90. The maximum absolute atomic E-state index is 12.8. The molecule has 0 amide bonds. The summed E-state index contributed by atoms with van der Waals surface area (Å²) in [6.45, 7) is 8.27. The van der Waals surface area contributed by atoms with Crippen LogP contribution in [0.25, 0.3) is 11.1 Å². The molecule has 3 aromatic rings. The standard InChI is InChI=1S/C28H31NO2/c1-28(2,3)24-15-13-21(14-16-24)20-9-11-23(12-10-20)27(30)31-26-19-29-18-17-25(26)22-7-5-4-6-8-22/h4-16,25-26,29H,17-19H2,1-3H3/t25-,26+/m0/s1. The van der Waals surface area contributed by atoms with Gasteiger partial charge in [-0.3, -0.25) is 0 Å². The predicted octanol–water partition coefficient (Wildman–Crippen LogP) is 5.95. The summed E-state index contributed by atoms with van der Waals surface area (Å²) in [5, 5.41) is 3.36. The van der Waals surface area contributed by atoms with Gasteiger partial charge in [-0.05, 0) is 52.8 Å². The summed E-state index contributed by atoms with van der Waals surface area (Å²) in [7, 11) is 0. The highest BCUT2D eigenvalue weighted by Crippen LogP contribution is 2.29. The van der Waals surface area contributed by atoms with Crippen molar-refractivity contribution in [3.05, 3.63) is 95.6 Å². The van der Waals surface area contributed by atoms with Gasteiger partial charge in [-0.2, -0.15) is 0 Å². The zero-order chi connectivity index (χ0) is 21.8. The largest absolute Gasteiger partial charge is 0.457 e. The predicted molar refractivity (Wildman–Crippen MR) is 126 cm³/mol. The van der Waals surface area contributed by atoms with Gasteiger partial charge in [-0.25, -0.2) is 4.79 Å². The van der Waals surface area contributed by atoms with E-state index in [1.807, 2.05) is 42.5 Å². The van der Waals surface area contributed by atoms with Crippen LogP contribution in [0.3, 0.4) is 0 Å². The molecule has 0 unspecified atom stereocenters. The Morgan fingerprint density at radius 1 is 0.871 bits per heavy atom. The van der Waals surface area contributed by atoms with Crippen LogP contribution in [0.2, 0.25) is 0 Å². The molecule has 4 rings (SSSR count). The van der Waals surface area contributed by atoms with Gasteiger partial charge in [-0.1, -0.05) is 87.5 Å². The number of ether oxygens (including phenoxy) is 1. The van der Waals surface area contributed by atoms with Crippen molar-refractivity contribution >= 4 is 5.97 Å². The molecule has 31 heavy (non-hydrogen) atoms. The zero-order valence-electron chi connectivity index (χ0n) is 18.6. The van der Waals surface area contributed by atoms with Crippen LogP contribution in [0, 0.1) is 0 Å². The number of carbonyl (C=O) groups is 1. The van der Waals surface area contributed by atoms with Gasteiger partial charge in [0.25, 0.3) is 0 Å². The number of hydrogen-bond donors (Lipinski definition) is 1. The van der Waals surface area contributed by atoms with Crippen LogP contribution in [0.15, 0.2) is 78.9 Å². The van der Waals surface area contributed by atoms with E-state index in [0.717, 1.165) is 24.1 Å². The summed E-state index contributed by atoms with van der Waals surface area (Å²) >= 11 is 0. The Morgan fingerprint density at radius 2 is 1.48 bits per heavy atom. The van der Waals surface area contributed by atoms with Gasteiger partial charge >= 0.3 is 5.97 Å². The summed E-state index contributed by atoms with van der Waals surface area (Å²) in [4.78, 5) is 12.8. The molecule has 0 saturated carbocycles. The van der Waals surface area contributed by atoms with Crippen molar-refractivity contribution in [1.82, 2.24) is 5.32 Å². The van der Waals surface area contributed by atoms with E-state index in [-0.39, 0.29) is 23.4 Å². The third kappa shape index (κ3) is 5.05. The van der Waals surface area contributed by atoms with Gasteiger partial charge in [-0.15, -0.1) is 0 Å². The number of piperidine rings is 1. The highest BCUT2D eigenvalue weighted by atomic mass is 16.5. The minimum atomic E-state index is -0.260. The Bertz CT molecular complexity index is 1000. The van der Waals surface area contributed by atoms with Crippen molar-refractivity contribution in [2.24, 2.45) is 0 Å². The minimum absolute atomic E-state index is 0.137. The van der Waals surface area contributed by atoms with Crippen molar-refractivity contribution in [3.8, 4) is 11.1 Å². The molecule has 1 aliphatic rings. The van der Waals surface area contributed by atoms with Gasteiger partial charge in [0, 0.05) is 12.5 Å². The van der Waals surface area contributed by atoms with Crippen molar-refractivity contribution < 1.29 is 9.53 Å². The minimum Gasteiger partial charge on any atom is -0.457 e. The van der Waals surface area contributed by atoms with Crippen molar-refractivity contribution in [2.45, 2.75) is 44.6 Å². The first kappa shape index (κ1) is 21.3. The molecule has 3 nitrogen and oxygen atoms in total. The summed E-state index contributed by atoms with van der Waals surface area (Å²) in [6, 6.07) is 26.7. The molecule has 0 aliphatic carbocycles. The molecule has 1 heterocycles. The lowest BCUT2D eigenvalue weighted by Gasteiger charge is -2.32. The number of esters is 1. The molecule has 0 radical (unpaired) electrons. The normalized spacial score (nSPS) is 19.1. The first-order valence-corrected chi connectivity index (χ1v) is 11.1. The van der Waals surface area contributed by atoms with E-state index in [2.05, 4.69) is 62.5 Å². The van der Waals surface area contributed by atoms with E-state index >= 15 is 0 Å². The molecular weight excluding hydrogens is 382 g/mol. The van der Waals surface area contributed by atoms with Crippen LogP contribution in [0.4, 0.5) is 0 Å². The topological polar surface area (TPSA) is 38.3 Å². The number of carbonyl (C=O) groups excluding carboxylic acids is 1. The van der Waals surface area contributed by atoms with Crippen LogP contribution in [-0.4, -0.2) is 25.2 Å². The molecule has 1 fully saturated rings. The highest BCUT2D eigenvalue weighted by Gasteiger charge is 2.29. The first-order valence-electron chi connectivity index (χ1n) is 11.1. The van der Waals surface area contributed by atoms with Gasteiger partial charge in [0.1, 0.15) is 6.10 Å². The molecule has 3 aromatic carbocycles. The lowest BCUT2D eigenvalue weighted by Crippen LogP contribution is -2.42. The lowest BCUT2D eigenvalue weighted by molar-refractivity contribution is 0.0182. The summed E-state index contributed by atoms with van der Waals surface area (Å²) in [5.74, 6) is -0.0312. The molecule has 0 aromatic heterocycles. The number of rotatable bonds is 4. The lowest BCUT2D eigenvalue weighted by atomic mass is 9.86. The quantitative estimate of drug-likeness (QED) is 0.537. The smallest absolute Gasteiger partial charge is 0.338 e. The van der Waals surface area contributed by atoms with Crippen molar-refractivity contribution in [3.63, 3.8) is 0 Å². The molecule has 2 atom stereocenters. The average Bonchev–Trinajstić information content (AvgIpc) is 2.80. The van der Waals surface area contributed by atoms with E-state index in [1.54, 1.807) is 0 Å². The molecule has 160 valence electrons. The number of hydrogen-bond acceptors (Lipinski definition) is 3. The maximum atomic E-state index is 12.8. The fourth-order valence-corrected chi connectivity index (χ4v) is 4.20. The molecule has 3 heteroatoms. The fourth-order valence-electron chi connectivity index (χ4n) is 4.20. The first-order chi connectivity index (χ1) is 14.9. The molecule has 1 N–H and O–H groups in total. The zero-order valence-corrected chi connectivity index (χ0v) is 18.6. The van der Waals surface area contributed by atoms with E-state index in [0.29, 0.717) is 12.1 Å². The van der Waals surface area contributed by atoms with E-state index in [9.17, 15) is 4.79 Å². The van der Waals surface area contributed by atoms with Crippen molar-refractivity contribution in [1.29, 1.82) is 0 Å². The van der Waals surface area contributed by atoms with Crippen LogP contribution in [0.5, 0.6) is 0 Å².